The second kappa shape index (κ2) is 11.5. The minimum Gasteiger partial charge on any atom is -0.371 e. The number of H-pyrrole nitrogens is 2. The number of aromatic nitrogens is 5. The Balaban J connectivity index is 1.46. The lowest BCUT2D eigenvalue weighted by Crippen LogP contribution is -2.28. The van der Waals surface area contributed by atoms with E-state index in [9.17, 15) is 0 Å². The Bertz CT molecular complexity index is 1470. The molecule has 1 saturated heterocycles. The van der Waals surface area contributed by atoms with Gasteiger partial charge in [0.15, 0.2) is 0 Å². The number of rotatable bonds is 10. The molecule has 1 aliphatic heterocycles. The third-order valence-electron chi connectivity index (χ3n) is 7.11. The third kappa shape index (κ3) is 5.42. The highest BCUT2D eigenvalue weighted by atomic mass is 15.1. The zero-order valence-corrected chi connectivity index (χ0v) is 22.5. The van der Waals surface area contributed by atoms with Gasteiger partial charge in [0, 0.05) is 47.5 Å². The van der Waals surface area contributed by atoms with E-state index in [1.165, 1.54) is 30.5 Å². The first-order valence-electron chi connectivity index (χ1n) is 13.6. The van der Waals surface area contributed by atoms with E-state index in [0.717, 1.165) is 83.1 Å². The average molecular weight is 508 g/mol. The maximum absolute atomic E-state index is 5.02. The number of hydrogen-bond acceptors (Lipinski definition) is 5. The van der Waals surface area contributed by atoms with Gasteiger partial charge >= 0.3 is 0 Å². The van der Waals surface area contributed by atoms with Gasteiger partial charge < -0.3 is 15.2 Å². The lowest BCUT2D eigenvalue weighted by Gasteiger charge is -2.31. The number of fused-ring (bicyclic) bond motifs is 1. The van der Waals surface area contributed by atoms with Crippen molar-refractivity contribution >= 4 is 22.4 Å². The Hall–Kier alpha value is -4.13. The van der Waals surface area contributed by atoms with Gasteiger partial charge in [0.2, 0.25) is 0 Å². The van der Waals surface area contributed by atoms with Crippen LogP contribution in [0.4, 0.5) is 5.69 Å². The lowest BCUT2D eigenvalue weighted by molar-refractivity contribution is 0.326. The van der Waals surface area contributed by atoms with E-state index in [-0.39, 0.29) is 0 Å². The van der Waals surface area contributed by atoms with Gasteiger partial charge in [-0.25, -0.2) is 4.98 Å². The molecule has 0 unspecified atom stereocenters. The van der Waals surface area contributed by atoms with Crippen molar-refractivity contribution in [2.24, 2.45) is 0 Å². The van der Waals surface area contributed by atoms with E-state index < -0.39 is 0 Å². The number of allylic oxidation sites excluding steroid dienone is 3. The van der Waals surface area contributed by atoms with Crippen LogP contribution in [0.1, 0.15) is 56.7 Å². The summed E-state index contributed by atoms with van der Waals surface area (Å²) in [5.74, 6) is 0. The Morgan fingerprint density at radius 1 is 1.16 bits per heavy atom. The van der Waals surface area contributed by atoms with E-state index in [4.69, 9.17) is 4.98 Å². The van der Waals surface area contributed by atoms with Gasteiger partial charge in [-0.05, 0) is 69.4 Å². The molecule has 0 radical (unpaired) electrons. The topological polar surface area (TPSA) is 85.5 Å². The number of nitrogens with zero attached hydrogens (tertiary/aromatic N) is 4. The summed E-state index contributed by atoms with van der Waals surface area (Å²) in [5, 5.41) is 11.2. The van der Waals surface area contributed by atoms with Gasteiger partial charge in [-0.1, -0.05) is 32.6 Å². The molecule has 7 nitrogen and oxygen atoms in total. The second-order valence-electron chi connectivity index (χ2n) is 10.0. The molecule has 196 valence electrons. The zero-order chi connectivity index (χ0) is 26.5. The third-order valence-corrected chi connectivity index (χ3v) is 7.11. The minimum atomic E-state index is 0.808. The van der Waals surface area contributed by atoms with Crippen LogP contribution in [-0.4, -0.2) is 43.1 Å². The van der Waals surface area contributed by atoms with Gasteiger partial charge in [0.25, 0.3) is 0 Å². The molecule has 0 amide bonds. The molecule has 0 aromatic carbocycles. The smallest absolute Gasteiger partial charge is 0.135 e. The summed E-state index contributed by atoms with van der Waals surface area (Å²) in [6.07, 6.45) is 14.6. The first kappa shape index (κ1) is 25.5. The quantitative estimate of drug-likeness (QED) is 0.194. The van der Waals surface area contributed by atoms with Crippen molar-refractivity contribution in [1.82, 2.24) is 30.0 Å². The molecule has 5 heterocycles. The number of anilines is 1. The van der Waals surface area contributed by atoms with Crippen molar-refractivity contribution in [2.75, 3.05) is 18.4 Å². The normalized spacial score (nSPS) is 14.2. The van der Waals surface area contributed by atoms with Crippen molar-refractivity contribution in [3.05, 3.63) is 78.9 Å². The van der Waals surface area contributed by atoms with Crippen molar-refractivity contribution in [3.8, 4) is 22.6 Å². The van der Waals surface area contributed by atoms with Crippen LogP contribution in [-0.2, 0) is 0 Å². The summed E-state index contributed by atoms with van der Waals surface area (Å²) in [5.41, 5.74) is 10.7. The van der Waals surface area contributed by atoms with Gasteiger partial charge in [-0.2, -0.15) is 5.10 Å². The Morgan fingerprint density at radius 2 is 2.00 bits per heavy atom. The van der Waals surface area contributed by atoms with Crippen LogP contribution in [0.15, 0.2) is 67.7 Å². The van der Waals surface area contributed by atoms with Crippen molar-refractivity contribution in [3.63, 3.8) is 0 Å². The predicted octanol–water partition coefficient (Wildman–Crippen LogP) is 7.45. The summed E-state index contributed by atoms with van der Waals surface area (Å²) >= 11 is 0. The molecule has 4 aromatic rings. The molecule has 1 aliphatic rings. The van der Waals surface area contributed by atoms with Crippen molar-refractivity contribution in [1.29, 1.82) is 0 Å². The maximum atomic E-state index is 5.02. The summed E-state index contributed by atoms with van der Waals surface area (Å²) in [7, 11) is 0. The highest BCUT2D eigenvalue weighted by Gasteiger charge is 2.20. The molecule has 38 heavy (non-hydrogen) atoms. The standard InChI is InChI=1S/C31H37N7/c1-5-7-12-21(3)33-24-17-23(19-32-20-24)26-13-14-27-30(35-26)31(37-36-27)28-18-25(22(4)34-28)29(11-6-2)38-15-9-8-10-16-38/h6,11,13-14,17-20,33-34H,2-3,5,7-10,12,15-16H2,1,4H3,(H,36,37)/b29-11+. The van der Waals surface area contributed by atoms with Crippen molar-refractivity contribution < 1.29 is 0 Å². The molecular formula is C31H37N7. The molecule has 3 N–H and O–H groups in total. The lowest BCUT2D eigenvalue weighted by atomic mass is 10.1. The van der Waals surface area contributed by atoms with Crippen LogP contribution >= 0.6 is 0 Å². The molecule has 0 bridgehead atoms. The molecule has 4 aromatic heterocycles. The monoisotopic (exact) mass is 507 g/mol. The molecule has 0 saturated carbocycles. The fraction of sp³-hybridized carbons (Fsp3) is 0.323. The Morgan fingerprint density at radius 3 is 2.79 bits per heavy atom. The number of nitrogens with one attached hydrogen (secondary N) is 3. The van der Waals surface area contributed by atoms with Gasteiger partial charge in [0.05, 0.1) is 28.8 Å². The fourth-order valence-corrected chi connectivity index (χ4v) is 5.12. The van der Waals surface area contributed by atoms with E-state index in [1.807, 2.05) is 30.6 Å². The summed E-state index contributed by atoms with van der Waals surface area (Å²) in [4.78, 5) is 15.5. The molecular weight excluding hydrogens is 470 g/mol. The number of unbranched alkanes of at least 4 members (excludes halogenated alkanes) is 1. The highest BCUT2D eigenvalue weighted by molar-refractivity contribution is 5.91. The van der Waals surface area contributed by atoms with Gasteiger partial charge in [-0.3, -0.25) is 10.1 Å². The number of pyridine rings is 2. The molecule has 5 rings (SSSR count). The molecule has 0 spiro atoms. The summed E-state index contributed by atoms with van der Waals surface area (Å²) in [6, 6.07) is 8.29. The van der Waals surface area contributed by atoms with Crippen LogP contribution in [0, 0.1) is 6.92 Å². The SMILES string of the molecule is C=C/C=C(\c1cc(-c2n[nH]c3ccc(-c4cncc(NC(=C)CCCC)c4)nc23)[nH]c1C)N1CCCCC1. The van der Waals surface area contributed by atoms with Crippen LogP contribution in [0.2, 0.25) is 0 Å². The van der Waals surface area contributed by atoms with Gasteiger partial charge in [0.1, 0.15) is 11.2 Å². The fourth-order valence-electron chi connectivity index (χ4n) is 5.12. The average Bonchev–Trinajstić information content (AvgIpc) is 3.54. The van der Waals surface area contributed by atoms with Crippen LogP contribution in [0.3, 0.4) is 0 Å². The number of aryl methyl sites for hydroxylation is 1. The number of aromatic amines is 2. The van der Waals surface area contributed by atoms with Crippen LogP contribution in [0.5, 0.6) is 0 Å². The van der Waals surface area contributed by atoms with Crippen LogP contribution in [0.25, 0.3) is 39.4 Å². The first-order chi connectivity index (χ1) is 18.6. The maximum Gasteiger partial charge on any atom is 0.135 e. The molecule has 0 aliphatic carbocycles. The first-order valence-corrected chi connectivity index (χ1v) is 13.6. The number of piperidine rings is 1. The number of hydrogen-bond donors (Lipinski definition) is 3. The largest absolute Gasteiger partial charge is 0.371 e. The Labute approximate surface area is 224 Å². The van der Waals surface area contributed by atoms with Crippen molar-refractivity contribution in [2.45, 2.75) is 52.4 Å². The van der Waals surface area contributed by atoms with E-state index in [0.29, 0.717) is 0 Å². The minimum absolute atomic E-state index is 0.808. The van der Waals surface area contributed by atoms with Crippen LogP contribution < -0.4 is 5.32 Å². The van der Waals surface area contributed by atoms with E-state index in [2.05, 4.69) is 75.6 Å². The van der Waals surface area contributed by atoms with E-state index >= 15 is 0 Å². The summed E-state index contributed by atoms with van der Waals surface area (Å²) < 4.78 is 0. The van der Waals surface area contributed by atoms with Gasteiger partial charge in [-0.15, -0.1) is 0 Å². The summed E-state index contributed by atoms with van der Waals surface area (Å²) in [6.45, 7) is 14.6. The van der Waals surface area contributed by atoms with E-state index in [1.54, 1.807) is 0 Å². The molecule has 7 heteroatoms. The highest BCUT2D eigenvalue weighted by Crippen LogP contribution is 2.33. The molecule has 1 fully saturated rings. The predicted molar refractivity (Wildman–Crippen MR) is 158 cm³/mol. The second-order valence-corrected chi connectivity index (χ2v) is 10.0. The number of likely N-dealkylation sites (tertiary alicyclic amines) is 1. The molecule has 0 atom stereocenters. The Kier molecular flexibility index (Phi) is 7.73. The zero-order valence-electron chi connectivity index (χ0n) is 22.5.